The summed E-state index contributed by atoms with van der Waals surface area (Å²) >= 11 is 0. The fraction of sp³-hybridized carbons (Fsp3) is 0.636. The van der Waals surface area contributed by atoms with Crippen molar-refractivity contribution in [1.29, 1.82) is 0 Å². The SMILES string of the molecule is CN1C(=O)C2(CCN(C(=O)CC[C@H]3CCCCN3C)CC2)c2ccccc21. The molecule has 0 aliphatic carbocycles. The lowest BCUT2D eigenvalue weighted by Gasteiger charge is -2.39. The fourth-order valence-electron chi connectivity index (χ4n) is 5.29. The topological polar surface area (TPSA) is 43.9 Å². The highest BCUT2D eigenvalue weighted by molar-refractivity contribution is 6.07. The van der Waals surface area contributed by atoms with Gasteiger partial charge in [0, 0.05) is 38.3 Å². The van der Waals surface area contributed by atoms with Crippen molar-refractivity contribution in [2.75, 3.05) is 38.6 Å². The molecule has 0 radical (unpaired) electrons. The number of amides is 2. The number of carbonyl (C=O) groups excluding carboxylic acids is 2. The number of para-hydroxylation sites is 1. The lowest BCUT2D eigenvalue weighted by Crippen LogP contribution is -2.49. The Balaban J connectivity index is 1.38. The molecule has 0 unspecified atom stereocenters. The number of rotatable bonds is 3. The molecule has 27 heavy (non-hydrogen) atoms. The van der Waals surface area contributed by atoms with E-state index in [0.717, 1.165) is 37.1 Å². The van der Waals surface area contributed by atoms with E-state index in [-0.39, 0.29) is 11.8 Å². The van der Waals surface area contributed by atoms with E-state index in [1.165, 1.54) is 19.3 Å². The summed E-state index contributed by atoms with van der Waals surface area (Å²) < 4.78 is 0. The number of carbonyl (C=O) groups is 2. The minimum Gasteiger partial charge on any atom is -0.343 e. The second-order valence-corrected chi connectivity index (χ2v) is 8.51. The van der Waals surface area contributed by atoms with Crippen LogP contribution in [0.25, 0.3) is 0 Å². The molecule has 2 amide bonds. The molecule has 1 spiro atoms. The highest BCUT2D eigenvalue weighted by Gasteiger charge is 2.51. The van der Waals surface area contributed by atoms with Gasteiger partial charge in [-0.1, -0.05) is 24.6 Å². The van der Waals surface area contributed by atoms with Crippen molar-refractivity contribution in [2.45, 2.75) is 56.4 Å². The Labute approximate surface area is 162 Å². The number of anilines is 1. The van der Waals surface area contributed by atoms with Crippen LogP contribution >= 0.6 is 0 Å². The predicted molar refractivity (Wildman–Crippen MR) is 107 cm³/mol. The van der Waals surface area contributed by atoms with Crippen LogP contribution in [-0.2, 0) is 15.0 Å². The van der Waals surface area contributed by atoms with Crippen LogP contribution in [0, 0.1) is 0 Å². The maximum absolute atomic E-state index is 13.0. The van der Waals surface area contributed by atoms with Crippen molar-refractivity contribution < 1.29 is 9.59 Å². The van der Waals surface area contributed by atoms with Crippen LogP contribution in [0.4, 0.5) is 5.69 Å². The van der Waals surface area contributed by atoms with Crippen molar-refractivity contribution in [3.63, 3.8) is 0 Å². The van der Waals surface area contributed by atoms with Gasteiger partial charge in [0.1, 0.15) is 0 Å². The van der Waals surface area contributed by atoms with Gasteiger partial charge in [-0.05, 0) is 57.3 Å². The molecule has 0 saturated carbocycles. The van der Waals surface area contributed by atoms with Gasteiger partial charge in [-0.2, -0.15) is 0 Å². The quantitative estimate of drug-likeness (QED) is 0.823. The number of hydrogen-bond donors (Lipinski definition) is 0. The number of nitrogens with zero attached hydrogens (tertiary/aromatic N) is 3. The summed E-state index contributed by atoms with van der Waals surface area (Å²) in [5.41, 5.74) is 1.75. The smallest absolute Gasteiger partial charge is 0.237 e. The molecular weight excluding hydrogens is 338 g/mol. The summed E-state index contributed by atoms with van der Waals surface area (Å²) in [5.74, 6) is 0.454. The van der Waals surface area contributed by atoms with Gasteiger partial charge in [0.2, 0.25) is 11.8 Å². The Kier molecular flexibility index (Phi) is 4.97. The van der Waals surface area contributed by atoms with E-state index in [0.29, 0.717) is 25.6 Å². The van der Waals surface area contributed by atoms with Crippen LogP contribution in [0.5, 0.6) is 0 Å². The molecule has 0 bridgehead atoms. The van der Waals surface area contributed by atoms with E-state index in [2.05, 4.69) is 18.0 Å². The Bertz CT molecular complexity index is 724. The highest BCUT2D eigenvalue weighted by Crippen LogP contribution is 2.47. The molecule has 0 N–H and O–H groups in total. The summed E-state index contributed by atoms with van der Waals surface area (Å²) in [6, 6.07) is 8.68. The van der Waals surface area contributed by atoms with E-state index in [1.54, 1.807) is 4.90 Å². The maximum Gasteiger partial charge on any atom is 0.237 e. The van der Waals surface area contributed by atoms with Gasteiger partial charge in [0.25, 0.3) is 0 Å². The van der Waals surface area contributed by atoms with Crippen LogP contribution in [-0.4, -0.2) is 61.4 Å². The third kappa shape index (κ3) is 3.16. The van der Waals surface area contributed by atoms with Gasteiger partial charge in [0.05, 0.1) is 5.41 Å². The lowest BCUT2D eigenvalue weighted by atomic mass is 9.73. The van der Waals surface area contributed by atoms with Crippen LogP contribution in [0.1, 0.15) is 50.5 Å². The number of likely N-dealkylation sites (tertiary alicyclic amines) is 2. The van der Waals surface area contributed by atoms with Gasteiger partial charge >= 0.3 is 0 Å². The zero-order chi connectivity index (χ0) is 19.0. The van der Waals surface area contributed by atoms with Crippen molar-refractivity contribution in [3.8, 4) is 0 Å². The van der Waals surface area contributed by atoms with E-state index in [4.69, 9.17) is 0 Å². The van der Waals surface area contributed by atoms with Gasteiger partial charge < -0.3 is 14.7 Å². The molecule has 1 atom stereocenters. The molecular formula is C22H31N3O2. The summed E-state index contributed by atoms with van der Waals surface area (Å²) in [4.78, 5) is 31.9. The van der Waals surface area contributed by atoms with Crippen molar-refractivity contribution in [3.05, 3.63) is 29.8 Å². The van der Waals surface area contributed by atoms with Gasteiger partial charge in [0.15, 0.2) is 0 Å². The molecule has 3 aliphatic heterocycles. The number of benzene rings is 1. The minimum atomic E-state index is -0.425. The van der Waals surface area contributed by atoms with Gasteiger partial charge in [-0.25, -0.2) is 0 Å². The Hall–Kier alpha value is -1.88. The largest absolute Gasteiger partial charge is 0.343 e. The number of hydrogen-bond acceptors (Lipinski definition) is 3. The molecule has 1 aromatic rings. The number of likely N-dealkylation sites (N-methyl/N-ethyl adjacent to an activating group) is 1. The average Bonchev–Trinajstić information content (AvgIpc) is 2.90. The molecule has 2 saturated heterocycles. The Morgan fingerprint density at radius 2 is 1.85 bits per heavy atom. The van der Waals surface area contributed by atoms with Crippen LogP contribution in [0.15, 0.2) is 24.3 Å². The minimum absolute atomic E-state index is 0.194. The molecule has 2 fully saturated rings. The second kappa shape index (κ2) is 7.27. The summed E-state index contributed by atoms with van der Waals surface area (Å²) in [7, 11) is 4.05. The van der Waals surface area contributed by atoms with Crippen molar-refractivity contribution in [1.82, 2.24) is 9.80 Å². The average molecular weight is 370 g/mol. The zero-order valence-corrected chi connectivity index (χ0v) is 16.6. The summed E-state index contributed by atoms with van der Waals surface area (Å²) in [6.07, 6.45) is 6.84. The van der Waals surface area contributed by atoms with Crippen LogP contribution < -0.4 is 4.90 Å². The first kappa shape index (κ1) is 18.5. The third-order valence-electron chi connectivity index (χ3n) is 7.08. The normalized spacial score (nSPS) is 25.1. The van der Waals surface area contributed by atoms with E-state index >= 15 is 0 Å². The Morgan fingerprint density at radius 3 is 2.59 bits per heavy atom. The molecule has 0 aromatic heterocycles. The molecule has 5 nitrogen and oxygen atoms in total. The monoisotopic (exact) mass is 369 g/mol. The zero-order valence-electron chi connectivity index (χ0n) is 16.6. The van der Waals surface area contributed by atoms with Crippen LogP contribution in [0.3, 0.4) is 0 Å². The van der Waals surface area contributed by atoms with Crippen molar-refractivity contribution in [2.24, 2.45) is 0 Å². The molecule has 146 valence electrons. The second-order valence-electron chi connectivity index (χ2n) is 8.51. The molecule has 4 rings (SSSR count). The molecule has 3 heterocycles. The van der Waals surface area contributed by atoms with E-state index in [9.17, 15) is 9.59 Å². The standard InChI is InChI=1S/C22H31N3O2/c1-23-14-6-5-7-17(23)10-11-20(26)25-15-12-22(13-16-25)18-8-3-4-9-19(18)24(2)21(22)27/h3-4,8-9,17H,5-7,10-16H2,1-2H3/t17-/m1/s1. The number of piperidine rings is 2. The summed E-state index contributed by atoms with van der Waals surface area (Å²) in [5, 5.41) is 0. The third-order valence-corrected chi connectivity index (χ3v) is 7.08. The van der Waals surface area contributed by atoms with E-state index < -0.39 is 5.41 Å². The maximum atomic E-state index is 13.0. The predicted octanol–water partition coefficient (Wildman–Crippen LogP) is 2.79. The molecule has 5 heteroatoms. The lowest BCUT2D eigenvalue weighted by molar-refractivity contribution is -0.135. The Morgan fingerprint density at radius 1 is 1.11 bits per heavy atom. The van der Waals surface area contributed by atoms with Crippen molar-refractivity contribution >= 4 is 17.5 Å². The van der Waals surface area contributed by atoms with Gasteiger partial charge in [-0.15, -0.1) is 0 Å². The first-order valence-electron chi connectivity index (χ1n) is 10.4. The fourth-order valence-corrected chi connectivity index (χ4v) is 5.29. The number of fused-ring (bicyclic) bond motifs is 2. The molecule has 1 aromatic carbocycles. The highest BCUT2D eigenvalue weighted by atomic mass is 16.2. The summed E-state index contributed by atoms with van der Waals surface area (Å²) in [6.45, 7) is 2.53. The van der Waals surface area contributed by atoms with Crippen LogP contribution in [0.2, 0.25) is 0 Å². The first-order valence-corrected chi connectivity index (χ1v) is 10.4. The molecule has 3 aliphatic rings. The van der Waals surface area contributed by atoms with E-state index in [1.807, 2.05) is 30.1 Å². The first-order chi connectivity index (χ1) is 13.0. The van der Waals surface area contributed by atoms with Gasteiger partial charge in [-0.3, -0.25) is 9.59 Å².